The molecule has 0 aromatic carbocycles. The quantitative estimate of drug-likeness (QED) is 0.942. The van der Waals surface area contributed by atoms with E-state index in [4.69, 9.17) is 0 Å². The zero-order chi connectivity index (χ0) is 15.4. The van der Waals surface area contributed by atoms with Crippen molar-refractivity contribution < 1.29 is 4.79 Å². The van der Waals surface area contributed by atoms with Crippen LogP contribution in [0.5, 0.6) is 0 Å². The minimum atomic E-state index is -0.288. The van der Waals surface area contributed by atoms with Crippen LogP contribution in [-0.2, 0) is 6.42 Å². The van der Waals surface area contributed by atoms with Crippen LogP contribution in [0.1, 0.15) is 41.0 Å². The van der Waals surface area contributed by atoms with Gasteiger partial charge in [0.25, 0.3) is 11.5 Å². The fraction of sp³-hybridized carbons (Fsp3) is 0.438. The molecule has 2 aromatic rings. The van der Waals surface area contributed by atoms with Gasteiger partial charge in [-0.05, 0) is 43.6 Å². The van der Waals surface area contributed by atoms with Gasteiger partial charge >= 0.3 is 0 Å². The lowest BCUT2D eigenvalue weighted by Crippen LogP contribution is -2.44. The number of piperidine rings is 1. The zero-order valence-corrected chi connectivity index (χ0v) is 13.1. The van der Waals surface area contributed by atoms with Crippen LogP contribution >= 0.6 is 11.3 Å². The van der Waals surface area contributed by atoms with Crippen LogP contribution in [0.3, 0.4) is 0 Å². The number of nitrogens with one attached hydrogen (secondary N) is 1. The molecule has 5 nitrogen and oxygen atoms in total. The summed E-state index contributed by atoms with van der Waals surface area (Å²) >= 11 is 1.76. The van der Waals surface area contributed by atoms with Crippen molar-refractivity contribution in [3.63, 3.8) is 0 Å². The molecule has 1 aliphatic heterocycles. The molecule has 0 unspecified atom stereocenters. The number of hydrogen-bond acceptors (Lipinski definition) is 4. The predicted molar refractivity (Wildman–Crippen MR) is 86.2 cm³/mol. The molecule has 0 aliphatic carbocycles. The molecule has 1 fully saturated rings. The molecule has 2 aromatic heterocycles. The third kappa shape index (κ3) is 3.44. The van der Waals surface area contributed by atoms with E-state index in [1.54, 1.807) is 11.3 Å². The molecule has 0 bridgehead atoms. The van der Waals surface area contributed by atoms with E-state index < -0.39 is 0 Å². The topological polar surface area (TPSA) is 66.1 Å². The van der Waals surface area contributed by atoms with E-state index in [-0.39, 0.29) is 17.5 Å². The summed E-state index contributed by atoms with van der Waals surface area (Å²) in [7, 11) is 0. The van der Waals surface area contributed by atoms with Gasteiger partial charge in [-0.1, -0.05) is 6.07 Å². The van der Waals surface area contributed by atoms with Crippen molar-refractivity contribution in [1.29, 1.82) is 0 Å². The molecule has 116 valence electrons. The number of thiophene rings is 1. The number of rotatable bonds is 4. The summed E-state index contributed by atoms with van der Waals surface area (Å²) in [5, 5.41) is 2.09. The highest BCUT2D eigenvalue weighted by Gasteiger charge is 2.28. The molecule has 0 saturated carbocycles. The number of aryl methyl sites for hydroxylation is 1. The monoisotopic (exact) mass is 317 g/mol. The van der Waals surface area contributed by atoms with Gasteiger partial charge < -0.3 is 9.88 Å². The van der Waals surface area contributed by atoms with Crippen LogP contribution in [0.4, 0.5) is 0 Å². The first kappa shape index (κ1) is 15.0. The largest absolute Gasteiger partial charge is 0.334 e. The van der Waals surface area contributed by atoms with E-state index in [9.17, 15) is 9.59 Å². The van der Waals surface area contributed by atoms with Crippen molar-refractivity contribution >= 4 is 17.2 Å². The summed E-state index contributed by atoms with van der Waals surface area (Å²) in [5.41, 5.74) is 0.0343. The lowest BCUT2D eigenvalue weighted by Gasteiger charge is -2.35. The van der Waals surface area contributed by atoms with Gasteiger partial charge in [-0.3, -0.25) is 9.59 Å². The highest BCUT2D eigenvalue weighted by Crippen LogP contribution is 2.23. The minimum Gasteiger partial charge on any atom is -0.334 e. The van der Waals surface area contributed by atoms with Gasteiger partial charge in [0.1, 0.15) is 5.69 Å². The molecule has 1 atom stereocenters. The third-order valence-electron chi connectivity index (χ3n) is 4.08. The number of aromatic nitrogens is 2. The molecule has 1 aliphatic rings. The first-order valence-electron chi connectivity index (χ1n) is 7.62. The third-order valence-corrected chi connectivity index (χ3v) is 5.02. The number of H-pyrrole nitrogens is 1. The van der Waals surface area contributed by atoms with E-state index in [0.717, 1.165) is 44.8 Å². The smallest absolute Gasteiger partial charge is 0.274 e. The number of aromatic amines is 1. The van der Waals surface area contributed by atoms with Crippen molar-refractivity contribution in [1.82, 2.24) is 14.9 Å². The minimum absolute atomic E-state index is 0.0767. The second kappa shape index (κ2) is 6.87. The molecule has 6 heteroatoms. The highest BCUT2D eigenvalue weighted by molar-refractivity contribution is 7.09. The van der Waals surface area contributed by atoms with Crippen LogP contribution in [0, 0.1) is 0 Å². The van der Waals surface area contributed by atoms with E-state index in [1.807, 2.05) is 4.90 Å². The van der Waals surface area contributed by atoms with E-state index in [0.29, 0.717) is 5.69 Å². The number of carbonyl (C=O) groups is 1. The number of nitrogens with zero attached hydrogens (tertiary/aromatic N) is 2. The van der Waals surface area contributed by atoms with Gasteiger partial charge in [0.2, 0.25) is 0 Å². The van der Waals surface area contributed by atoms with Crippen molar-refractivity contribution in [3.05, 3.63) is 50.8 Å². The second-order valence-corrected chi connectivity index (χ2v) is 6.59. The Balaban J connectivity index is 1.69. The normalized spacial score (nSPS) is 18.4. The highest BCUT2D eigenvalue weighted by atomic mass is 32.1. The van der Waals surface area contributed by atoms with Crippen LogP contribution < -0.4 is 5.56 Å². The van der Waals surface area contributed by atoms with Crippen molar-refractivity contribution in [2.24, 2.45) is 0 Å². The molecule has 1 saturated heterocycles. The molecule has 3 heterocycles. The Bertz CT molecular complexity index is 660. The lowest BCUT2D eigenvalue weighted by atomic mass is 9.97. The summed E-state index contributed by atoms with van der Waals surface area (Å²) < 4.78 is 0. The maximum atomic E-state index is 12.6. The summed E-state index contributed by atoms with van der Waals surface area (Å²) in [6.45, 7) is 0.773. The molecule has 3 rings (SSSR count). The first-order chi connectivity index (χ1) is 10.7. The summed E-state index contributed by atoms with van der Waals surface area (Å²) in [4.78, 5) is 33.5. The Morgan fingerprint density at radius 1 is 1.45 bits per heavy atom. The van der Waals surface area contributed by atoms with Crippen molar-refractivity contribution in [2.75, 3.05) is 6.54 Å². The Kier molecular flexibility index (Phi) is 4.68. The second-order valence-electron chi connectivity index (χ2n) is 5.56. The molecule has 1 amide bonds. The number of likely N-dealkylation sites (tertiary alicyclic amines) is 1. The maximum absolute atomic E-state index is 12.6. The van der Waals surface area contributed by atoms with Crippen LogP contribution in [0.15, 0.2) is 34.7 Å². The fourth-order valence-electron chi connectivity index (χ4n) is 2.94. The standard InChI is InChI=1S/C16H19N3O2S/c20-15-11-17-14(10-18-15)16(21)19-8-2-1-4-12(19)6-7-13-5-3-9-22-13/h3,5,9-12H,1-2,4,6-8H2,(H,18,20)/t12-/m1/s1. The van der Waals surface area contributed by atoms with Gasteiger partial charge in [-0.15, -0.1) is 11.3 Å². The molecular formula is C16H19N3O2S. The summed E-state index contributed by atoms with van der Waals surface area (Å²) in [6.07, 6.45) is 7.80. The first-order valence-corrected chi connectivity index (χ1v) is 8.50. The van der Waals surface area contributed by atoms with Crippen LogP contribution in [0.2, 0.25) is 0 Å². The lowest BCUT2D eigenvalue weighted by molar-refractivity contribution is 0.0595. The summed E-state index contributed by atoms with van der Waals surface area (Å²) in [6, 6.07) is 4.47. The Hall–Kier alpha value is -1.95. The molecule has 0 radical (unpaired) electrons. The van der Waals surface area contributed by atoms with Gasteiger partial charge in [0.05, 0.1) is 6.20 Å². The van der Waals surface area contributed by atoms with Crippen LogP contribution in [0.25, 0.3) is 0 Å². The zero-order valence-electron chi connectivity index (χ0n) is 12.3. The SMILES string of the molecule is O=C(c1c[nH]c(=O)cn1)N1CCCC[C@@H]1CCc1cccs1. The summed E-state index contributed by atoms with van der Waals surface area (Å²) in [5.74, 6) is -0.0767. The van der Waals surface area contributed by atoms with Gasteiger partial charge in [-0.2, -0.15) is 0 Å². The molecule has 1 N–H and O–H groups in total. The molecular weight excluding hydrogens is 298 g/mol. The molecule has 0 spiro atoms. The van der Waals surface area contributed by atoms with E-state index in [2.05, 4.69) is 27.5 Å². The van der Waals surface area contributed by atoms with Crippen LogP contribution in [-0.4, -0.2) is 33.4 Å². The van der Waals surface area contributed by atoms with Gasteiger partial charge in [0, 0.05) is 23.7 Å². The average Bonchev–Trinajstić information content (AvgIpc) is 3.07. The number of amides is 1. The average molecular weight is 317 g/mol. The number of hydrogen-bond donors (Lipinski definition) is 1. The molecule has 22 heavy (non-hydrogen) atoms. The Morgan fingerprint density at radius 2 is 2.36 bits per heavy atom. The van der Waals surface area contributed by atoms with Gasteiger partial charge in [-0.25, -0.2) is 4.98 Å². The van der Waals surface area contributed by atoms with E-state index >= 15 is 0 Å². The van der Waals surface area contributed by atoms with Gasteiger partial charge in [0.15, 0.2) is 0 Å². The van der Waals surface area contributed by atoms with E-state index in [1.165, 1.54) is 11.1 Å². The Morgan fingerprint density at radius 3 is 3.09 bits per heavy atom. The number of carbonyl (C=O) groups excluding carboxylic acids is 1. The maximum Gasteiger partial charge on any atom is 0.274 e. The Labute approximate surface area is 133 Å². The van der Waals surface area contributed by atoms with Crippen molar-refractivity contribution in [2.45, 2.75) is 38.1 Å². The van der Waals surface area contributed by atoms with Crippen molar-refractivity contribution in [3.8, 4) is 0 Å². The predicted octanol–water partition coefficient (Wildman–Crippen LogP) is 2.46. The fourth-order valence-corrected chi connectivity index (χ4v) is 3.66.